The Kier molecular flexibility index (Phi) is 5.90. The number of likely N-dealkylation sites (N-methyl/N-ethyl adjacent to an activating group) is 1. The van der Waals surface area contributed by atoms with Gasteiger partial charge in [0.05, 0.1) is 4.47 Å². The van der Waals surface area contributed by atoms with Crippen LogP contribution in [0.15, 0.2) is 45.3 Å². The highest BCUT2D eigenvalue weighted by atomic mass is 79.9. The highest BCUT2D eigenvalue weighted by Crippen LogP contribution is 2.25. The van der Waals surface area contributed by atoms with Gasteiger partial charge in [0.2, 0.25) is 0 Å². The molecular formula is C16H15Br2F2N. The van der Waals surface area contributed by atoms with Gasteiger partial charge >= 0.3 is 0 Å². The summed E-state index contributed by atoms with van der Waals surface area (Å²) in [6.45, 7) is 2.74. The van der Waals surface area contributed by atoms with Gasteiger partial charge in [-0.3, -0.25) is 0 Å². The molecule has 2 aromatic rings. The zero-order chi connectivity index (χ0) is 15.4. The highest BCUT2D eigenvalue weighted by molar-refractivity contribution is 9.10. The molecule has 0 aliphatic carbocycles. The Bertz CT molecular complexity index is 632. The van der Waals surface area contributed by atoms with Crippen LogP contribution < -0.4 is 5.32 Å². The maximum absolute atomic E-state index is 14.0. The molecule has 0 amide bonds. The number of benzene rings is 2. The monoisotopic (exact) mass is 417 g/mol. The van der Waals surface area contributed by atoms with E-state index in [4.69, 9.17) is 0 Å². The Morgan fingerprint density at radius 3 is 2.43 bits per heavy atom. The molecule has 112 valence electrons. The van der Waals surface area contributed by atoms with E-state index in [9.17, 15) is 8.78 Å². The molecule has 0 heterocycles. The number of hydrogen-bond donors (Lipinski definition) is 1. The van der Waals surface area contributed by atoms with Gasteiger partial charge in [-0.1, -0.05) is 35.0 Å². The van der Waals surface area contributed by atoms with Crippen LogP contribution in [0.25, 0.3) is 0 Å². The predicted molar refractivity (Wildman–Crippen MR) is 88.3 cm³/mol. The number of nitrogens with one attached hydrogen (secondary N) is 1. The van der Waals surface area contributed by atoms with E-state index in [2.05, 4.69) is 37.2 Å². The van der Waals surface area contributed by atoms with Crippen molar-refractivity contribution < 1.29 is 8.78 Å². The third kappa shape index (κ3) is 4.34. The molecule has 0 fully saturated rings. The summed E-state index contributed by atoms with van der Waals surface area (Å²) in [5, 5.41) is 3.31. The first-order chi connectivity index (χ1) is 10.0. The van der Waals surface area contributed by atoms with Gasteiger partial charge in [0, 0.05) is 10.5 Å². The van der Waals surface area contributed by atoms with E-state index in [-0.39, 0.29) is 17.7 Å². The third-order valence-corrected chi connectivity index (χ3v) is 4.34. The van der Waals surface area contributed by atoms with Gasteiger partial charge in [-0.15, -0.1) is 0 Å². The molecule has 0 bridgehead atoms. The van der Waals surface area contributed by atoms with E-state index in [1.54, 1.807) is 18.2 Å². The van der Waals surface area contributed by atoms with Gasteiger partial charge in [0.25, 0.3) is 0 Å². The van der Waals surface area contributed by atoms with Gasteiger partial charge in [0.15, 0.2) is 0 Å². The van der Waals surface area contributed by atoms with Crippen LogP contribution in [0.4, 0.5) is 8.78 Å². The standard InChI is InChI=1S/C16H15Br2F2N/c1-2-21-16(11-4-6-14(19)13(18)7-11)8-10-3-5-12(17)9-15(10)20/h3-7,9,16,21H,2,8H2,1H3. The minimum absolute atomic E-state index is 0.0671. The van der Waals surface area contributed by atoms with Gasteiger partial charge < -0.3 is 5.32 Å². The lowest BCUT2D eigenvalue weighted by molar-refractivity contribution is 0.526. The van der Waals surface area contributed by atoms with Crippen molar-refractivity contribution in [1.29, 1.82) is 0 Å². The predicted octanol–water partition coefficient (Wildman–Crippen LogP) is 5.38. The van der Waals surface area contributed by atoms with Crippen LogP contribution in [0.3, 0.4) is 0 Å². The molecule has 0 spiro atoms. The van der Waals surface area contributed by atoms with Crippen molar-refractivity contribution in [3.63, 3.8) is 0 Å². The summed E-state index contributed by atoms with van der Waals surface area (Å²) in [4.78, 5) is 0. The SMILES string of the molecule is CCNC(Cc1ccc(Br)cc1F)c1ccc(F)c(Br)c1. The summed E-state index contributed by atoms with van der Waals surface area (Å²) in [6.07, 6.45) is 0.505. The van der Waals surface area contributed by atoms with Crippen LogP contribution >= 0.6 is 31.9 Å². The van der Waals surface area contributed by atoms with Crippen molar-refractivity contribution in [2.24, 2.45) is 0 Å². The van der Waals surface area contributed by atoms with Crippen molar-refractivity contribution >= 4 is 31.9 Å². The van der Waals surface area contributed by atoms with E-state index in [1.165, 1.54) is 12.1 Å². The summed E-state index contributed by atoms with van der Waals surface area (Å²) in [5.41, 5.74) is 1.55. The molecule has 2 rings (SSSR count). The van der Waals surface area contributed by atoms with Crippen LogP contribution in [0, 0.1) is 11.6 Å². The molecule has 1 N–H and O–H groups in total. The maximum atomic E-state index is 14.0. The average Bonchev–Trinajstić information content (AvgIpc) is 2.44. The lowest BCUT2D eigenvalue weighted by Crippen LogP contribution is -2.23. The quantitative estimate of drug-likeness (QED) is 0.686. The lowest BCUT2D eigenvalue weighted by Gasteiger charge is -2.19. The molecule has 2 aromatic carbocycles. The topological polar surface area (TPSA) is 12.0 Å². The second kappa shape index (κ2) is 7.47. The number of hydrogen-bond acceptors (Lipinski definition) is 1. The minimum atomic E-state index is -0.302. The van der Waals surface area contributed by atoms with Crippen molar-refractivity contribution in [2.75, 3.05) is 6.54 Å². The van der Waals surface area contributed by atoms with Crippen molar-refractivity contribution in [3.05, 3.63) is 68.1 Å². The fraction of sp³-hybridized carbons (Fsp3) is 0.250. The first kappa shape index (κ1) is 16.6. The molecule has 1 unspecified atom stereocenters. The molecule has 1 nitrogen and oxygen atoms in total. The molecule has 0 radical (unpaired) electrons. The molecule has 5 heteroatoms. The van der Waals surface area contributed by atoms with E-state index in [0.717, 1.165) is 12.1 Å². The zero-order valence-electron chi connectivity index (χ0n) is 11.5. The first-order valence-corrected chi connectivity index (χ1v) is 8.22. The second-order valence-electron chi connectivity index (χ2n) is 4.72. The largest absolute Gasteiger partial charge is 0.310 e. The van der Waals surface area contributed by atoms with E-state index in [0.29, 0.717) is 20.9 Å². The first-order valence-electron chi connectivity index (χ1n) is 6.63. The van der Waals surface area contributed by atoms with E-state index >= 15 is 0 Å². The average molecular weight is 419 g/mol. The van der Waals surface area contributed by atoms with E-state index < -0.39 is 0 Å². The summed E-state index contributed by atoms with van der Waals surface area (Å²) in [6, 6.07) is 9.86. The van der Waals surface area contributed by atoms with Crippen LogP contribution in [-0.4, -0.2) is 6.54 Å². The van der Waals surface area contributed by atoms with Gasteiger partial charge in [0.1, 0.15) is 11.6 Å². The third-order valence-electron chi connectivity index (χ3n) is 3.24. The van der Waals surface area contributed by atoms with Crippen LogP contribution in [-0.2, 0) is 6.42 Å². The lowest BCUT2D eigenvalue weighted by atomic mass is 9.98. The van der Waals surface area contributed by atoms with Crippen molar-refractivity contribution in [1.82, 2.24) is 5.32 Å². The van der Waals surface area contributed by atoms with Crippen LogP contribution in [0.1, 0.15) is 24.1 Å². The van der Waals surface area contributed by atoms with Crippen LogP contribution in [0.5, 0.6) is 0 Å². The zero-order valence-corrected chi connectivity index (χ0v) is 14.6. The Morgan fingerprint density at radius 2 is 1.81 bits per heavy atom. The summed E-state index contributed by atoms with van der Waals surface area (Å²) >= 11 is 6.44. The molecule has 0 saturated carbocycles. The highest BCUT2D eigenvalue weighted by Gasteiger charge is 2.15. The fourth-order valence-electron chi connectivity index (χ4n) is 2.19. The van der Waals surface area contributed by atoms with Gasteiger partial charge in [-0.2, -0.15) is 0 Å². The minimum Gasteiger partial charge on any atom is -0.310 e. The number of halogens is 4. The molecule has 21 heavy (non-hydrogen) atoms. The van der Waals surface area contributed by atoms with Gasteiger partial charge in [-0.05, 0) is 64.3 Å². The molecule has 0 aromatic heterocycles. The van der Waals surface area contributed by atoms with Crippen molar-refractivity contribution in [3.8, 4) is 0 Å². The molecule has 0 aliphatic rings. The van der Waals surface area contributed by atoms with Crippen LogP contribution in [0.2, 0.25) is 0 Å². The number of rotatable bonds is 5. The fourth-order valence-corrected chi connectivity index (χ4v) is 2.92. The molecular weight excluding hydrogens is 404 g/mol. The second-order valence-corrected chi connectivity index (χ2v) is 6.49. The normalized spacial score (nSPS) is 12.4. The summed E-state index contributed by atoms with van der Waals surface area (Å²) < 4.78 is 28.5. The molecule has 1 atom stereocenters. The Hall–Kier alpha value is -0.780. The smallest absolute Gasteiger partial charge is 0.137 e. The maximum Gasteiger partial charge on any atom is 0.137 e. The van der Waals surface area contributed by atoms with E-state index in [1.807, 2.05) is 13.0 Å². The summed E-state index contributed by atoms with van der Waals surface area (Å²) in [5.74, 6) is -0.544. The Balaban J connectivity index is 2.28. The van der Waals surface area contributed by atoms with Crippen molar-refractivity contribution in [2.45, 2.75) is 19.4 Å². The summed E-state index contributed by atoms with van der Waals surface area (Å²) in [7, 11) is 0. The molecule has 0 saturated heterocycles. The Labute approximate surface area is 140 Å². The van der Waals surface area contributed by atoms with Gasteiger partial charge in [-0.25, -0.2) is 8.78 Å². The Morgan fingerprint density at radius 1 is 1.05 bits per heavy atom. The molecule has 0 aliphatic heterocycles.